The average Bonchev–Trinajstić information content (AvgIpc) is 2.85. The maximum atomic E-state index is 13.6. The van der Waals surface area contributed by atoms with Crippen molar-refractivity contribution in [1.82, 2.24) is 10.6 Å². The van der Waals surface area contributed by atoms with Crippen LogP contribution in [0.3, 0.4) is 0 Å². The van der Waals surface area contributed by atoms with Crippen molar-refractivity contribution in [1.29, 1.82) is 0 Å². The van der Waals surface area contributed by atoms with Gasteiger partial charge in [-0.25, -0.2) is 0 Å². The SMILES string of the molecule is CCCCCCCCC1(C(=O)NC2CCCCC2C(CNC(=O)C2OC(C)(C)OCC2(C)C)C(=O)O)CCC1. The fraction of sp³-hybridized carbons (Fsp3) is 0.903. The zero-order valence-electron chi connectivity index (χ0n) is 25.1. The summed E-state index contributed by atoms with van der Waals surface area (Å²) in [5, 5.41) is 16.4. The Balaban J connectivity index is 1.60. The van der Waals surface area contributed by atoms with Gasteiger partial charge in [0.2, 0.25) is 11.8 Å². The van der Waals surface area contributed by atoms with Gasteiger partial charge in [-0.15, -0.1) is 0 Å². The first kappa shape index (κ1) is 31.9. The molecule has 1 heterocycles. The first-order valence-electron chi connectivity index (χ1n) is 15.5. The molecule has 8 nitrogen and oxygen atoms in total. The van der Waals surface area contributed by atoms with Gasteiger partial charge in [0.05, 0.1) is 12.5 Å². The lowest BCUT2D eigenvalue weighted by Gasteiger charge is -2.45. The summed E-state index contributed by atoms with van der Waals surface area (Å²) in [6.45, 7) is 9.99. The monoisotopic (exact) mass is 550 g/mol. The second kappa shape index (κ2) is 13.8. The summed E-state index contributed by atoms with van der Waals surface area (Å²) in [5.41, 5.74) is -0.814. The molecule has 3 fully saturated rings. The van der Waals surface area contributed by atoms with Crippen molar-refractivity contribution in [2.45, 2.75) is 142 Å². The highest BCUT2D eigenvalue weighted by atomic mass is 16.7. The lowest BCUT2D eigenvalue weighted by Crippen LogP contribution is -2.58. The zero-order chi connectivity index (χ0) is 28.7. The van der Waals surface area contributed by atoms with Crippen molar-refractivity contribution in [2.75, 3.05) is 13.2 Å². The van der Waals surface area contributed by atoms with Crippen molar-refractivity contribution in [3.05, 3.63) is 0 Å². The van der Waals surface area contributed by atoms with Crippen LogP contribution >= 0.6 is 0 Å². The van der Waals surface area contributed by atoms with E-state index in [0.29, 0.717) is 6.61 Å². The lowest BCUT2D eigenvalue weighted by molar-refractivity contribution is -0.304. The summed E-state index contributed by atoms with van der Waals surface area (Å²) in [6, 6.07) is -0.180. The third-order valence-electron chi connectivity index (χ3n) is 9.41. The number of carboxylic acid groups (broad SMARTS) is 1. The minimum Gasteiger partial charge on any atom is -0.481 e. The number of ether oxygens (including phenoxy) is 2. The molecule has 8 heteroatoms. The predicted molar refractivity (Wildman–Crippen MR) is 151 cm³/mol. The standard InChI is InChI=1S/C31H54N2O6/c1-6-7-8-9-10-13-17-31(18-14-19-31)28(37)33-24-16-12-11-15-22(24)23(27(35)36)20-32-26(34)25-29(2,3)21-38-30(4,5)39-25/h22-25H,6-21H2,1-5H3,(H,32,34)(H,33,37)(H,35,36). The van der Waals surface area contributed by atoms with Gasteiger partial charge in [0.25, 0.3) is 0 Å². The second-order valence-electron chi connectivity index (χ2n) is 13.5. The van der Waals surface area contributed by atoms with Crippen LogP contribution in [0.15, 0.2) is 0 Å². The van der Waals surface area contributed by atoms with Crippen molar-refractivity contribution in [3.63, 3.8) is 0 Å². The molecule has 1 saturated heterocycles. The molecular weight excluding hydrogens is 496 g/mol. The number of carbonyl (C=O) groups excluding carboxylic acids is 2. The quantitative estimate of drug-likeness (QED) is 0.243. The third kappa shape index (κ3) is 8.42. The number of amides is 2. The zero-order valence-corrected chi connectivity index (χ0v) is 25.1. The van der Waals surface area contributed by atoms with Crippen LogP contribution in [0.5, 0.6) is 0 Å². The minimum absolute atomic E-state index is 0.0192. The van der Waals surface area contributed by atoms with Crippen LogP contribution in [0.1, 0.15) is 125 Å². The summed E-state index contributed by atoms with van der Waals surface area (Å²) in [5.74, 6) is -2.99. The van der Waals surface area contributed by atoms with E-state index in [4.69, 9.17) is 9.47 Å². The molecule has 3 aliphatic rings. The maximum absolute atomic E-state index is 13.6. The molecule has 0 aromatic carbocycles. The van der Waals surface area contributed by atoms with Crippen molar-refractivity contribution in [3.8, 4) is 0 Å². The molecular formula is C31H54N2O6. The van der Waals surface area contributed by atoms with Gasteiger partial charge in [-0.2, -0.15) is 0 Å². The molecule has 0 spiro atoms. The molecule has 1 aliphatic heterocycles. The first-order valence-corrected chi connectivity index (χ1v) is 15.5. The van der Waals surface area contributed by atoms with Gasteiger partial charge >= 0.3 is 5.97 Å². The highest BCUT2D eigenvalue weighted by molar-refractivity contribution is 5.84. The van der Waals surface area contributed by atoms with Crippen LogP contribution in [-0.4, -0.2) is 54.0 Å². The molecule has 0 aromatic rings. The van der Waals surface area contributed by atoms with Crippen LogP contribution in [0, 0.1) is 22.7 Å². The van der Waals surface area contributed by atoms with Gasteiger partial charge in [0, 0.05) is 23.4 Å². The number of nitrogens with one attached hydrogen (secondary N) is 2. The average molecular weight is 551 g/mol. The number of hydrogen-bond acceptors (Lipinski definition) is 5. The van der Waals surface area contributed by atoms with E-state index in [1.165, 1.54) is 32.1 Å². The first-order chi connectivity index (χ1) is 18.4. The van der Waals surface area contributed by atoms with Crippen LogP contribution in [0.4, 0.5) is 0 Å². The van der Waals surface area contributed by atoms with Gasteiger partial charge in [0.1, 0.15) is 6.10 Å². The molecule has 4 atom stereocenters. The molecule has 224 valence electrons. The Morgan fingerprint density at radius 1 is 0.949 bits per heavy atom. The molecule has 0 bridgehead atoms. The molecule has 3 rings (SSSR count). The maximum Gasteiger partial charge on any atom is 0.308 e. The number of unbranched alkanes of at least 4 members (excludes halogenated alkanes) is 5. The second-order valence-corrected chi connectivity index (χ2v) is 13.5. The Bertz CT molecular complexity index is 837. The van der Waals surface area contributed by atoms with E-state index in [9.17, 15) is 19.5 Å². The fourth-order valence-corrected chi connectivity index (χ4v) is 6.63. The Morgan fingerprint density at radius 2 is 1.62 bits per heavy atom. The largest absolute Gasteiger partial charge is 0.481 e. The lowest BCUT2D eigenvalue weighted by atomic mass is 9.64. The summed E-state index contributed by atoms with van der Waals surface area (Å²) >= 11 is 0. The molecule has 2 aliphatic carbocycles. The molecule has 2 amide bonds. The number of aliphatic carboxylic acids is 1. The Kier molecular flexibility index (Phi) is 11.3. The van der Waals surface area contributed by atoms with Gasteiger partial charge in [-0.1, -0.05) is 78.6 Å². The summed E-state index contributed by atoms with van der Waals surface area (Å²) < 4.78 is 11.7. The number of carbonyl (C=O) groups is 3. The molecule has 39 heavy (non-hydrogen) atoms. The van der Waals surface area contributed by atoms with Crippen molar-refractivity contribution < 1.29 is 29.0 Å². The van der Waals surface area contributed by atoms with E-state index in [1.54, 1.807) is 13.8 Å². The van der Waals surface area contributed by atoms with Crippen molar-refractivity contribution >= 4 is 17.8 Å². The van der Waals surface area contributed by atoms with Gasteiger partial charge in [-0.05, 0) is 51.9 Å². The molecule has 0 aromatic heterocycles. The van der Waals surface area contributed by atoms with Crippen LogP contribution < -0.4 is 10.6 Å². The van der Waals surface area contributed by atoms with Gasteiger partial charge < -0.3 is 25.2 Å². The third-order valence-corrected chi connectivity index (χ3v) is 9.41. The van der Waals surface area contributed by atoms with E-state index in [-0.39, 0.29) is 35.7 Å². The minimum atomic E-state index is -0.931. The molecule has 4 unspecified atom stereocenters. The van der Waals surface area contributed by atoms with Crippen LogP contribution in [-0.2, 0) is 23.9 Å². The summed E-state index contributed by atoms with van der Waals surface area (Å²) in [4.78, 5) is 39.2. The Labute approximate surface area is 235 Å². The molecule has 3 N–H and O–H groups in total. The van der Waals surface area contributed by atoms with E-state index in [2.05, 4.69) is 17.6 Å². The smallest absolute Gasteiger partial charge is 0.308 e. The molecule has 2 saturated carbocycles. The number of hydrogen-bond donors (Lipinski definition) is 3. The summed E-state index contributed by atoms with van der Waals surface area (Å²) in [7, 11) is 0. The fourth-order valence-electron chi connectivity index (χ4n) is 6.63. The van der Waals surface area contributed by atoms with E-state index >= 15 is 0 Å². The Morgan fingerprint density at radius 3 is 2.26 bits per heavy atom. The highest BCUT2D eigenvalue weighted by Crippen LogP contribution is 2.46. The topological polar surface area (TPSA) is 114 Å². The van der Waals surface area contributed by atoms with E-state index in [1.807, 2.05) is 13.8 Å². The number of rotatable bonds is 14. The van der Waals surface area contributed by atoms with Gasteiger partial charge in [0.15, 0.2) is 5.79 Å². The van der Waals surface area contributed by atoms with Crippen LogP contribution in [0.2, 0.25) is 0 Å². The predicted octanol–water partition coefficient (Wildman–Crippen LogP) is 5.58. The Hall–Kier alpha value is -1.67. The highest BCUT2D eigenvalue weighted by Gasteiger charge is 2.47. The normalized spacial score (nSPS) is 28.1. The number of carboxylic acids is 1. The van der Waals surface area contributed by atoms with Crippen molar-refractivity contribution in [2.24, 2.45) is 22.7 Å². The van der Waals surface area contributed by atoms with E-state index < -0.39 is 29.2 Å². The molecule has 0 radical (unpaired) electrons. The summed E-state index contributed by atoms with van der Waals surface area (Å²) in [6.07, 6.45) is 13.8. The van der Waals surface area contributed by atoms with E-state index in [0.717, 1.165) is 57.8 Å². The van der Waals surface area contributed by atoms with Gasteiger partial charge in [-0.3, -0.25) is 14.4 Å². The van der Waals surface area contributed by atoms with Crippen LogP contribution in [0.25, 0.3) is 0 Å².